The number of carbonyl (C=O) groups is 1. The fraction of sp³-hybridized carbons (Fsp3) is 0.786. The van der Waals surface area contributed by atoms with Gasteiger partial charge >= 0.3 is 0 Å². The second kappa shape index (κ2) is 6.72. The van der Waals surface area contributed by atoms with E-state index in [0.717, 1.165) is 32.7 Å². The molecule has 1 N–H and O–H groups in total. The zero-order valence-electron chi connectivity index (χ0n) is 13.1. The molecule has 22 heavy (non-hydrogen) atoms. The number of nitrogens with zero attached hydrogens (tertiary/aromatic N) is 4. The molecule has 0 radical (unpaired) electrons. The molecule has 0 spiro atoms. The molecule has 0 unspecified atom stereocenters. The highest BCUT2D eigenvalue weighted by Crippen LogP contribution is 2.11. The number of aromatic nitrogens is 2. The molecule has 0 aromatic carbocycles. The van der Waals surface area contributed by atoms with Crippen LogP contribution in [0.4, 0.5) is 0 Å². The average molecular weight is 309 g/mol. The predicted octanol–water partition coefficient (Wildman–Crippen LogP) is -0.601. The predicted molar refractivity (Wildman–Crippen MR) is 78.1 cm³/mol. The summed E-state index contributed by atoms with van der Waals surface area (Å²) in [4.78, 5) is 20.9. The van der Waals surface area contributed by atoms with Crippen molar-refractivity contribution < 1.29 is 14.1 Å². The number of ether oxygens (including phenoxy) is 1. The summed E-state index contributed by atoms with van der Waals surface area (Å²) >= 11 is 0. The average Bonchev–Trinajstić information content (AvgIpc) is 2.93. The third-order valence-electron chi connectivity index (χ3n) is 4.20. The van der Waals surface area contributed by atoms with Crippen LogP contribution < -0.4 is 5.32 Å². The maximum atomic E-state index is 12.6. The summed E-state index contributed by atoms with van der Waals surface area (Å²) in [5, 5.41) is 7.17. The summed E-state index contributed by atoms with van der Waals surface area (Å²) in [5.41, 5.74) is 0. The van der Waals surface area contributed by atoms with Gasteiger partial charge in [-0.05, 0) is 6.92 Å². The van der Waals surface area contributed by atoms with E-state index < -0.39 is 0 Å². The third-order valence-corrected chi connectivity index (χ3v) is 4.20. The Balaban J connectivity index is 1.49. The van der Waals surface area contributed by atoms with Crippen LogP contribution in [-0.2, 0) is 16.1 Å². The number of rotatable bonds is 3. The first-order valence-electron chi connectivity index (χ1n) is 7.79. The summed E-state index contributed by atoms with van der Waals surface area (Å²) < 4.78 is 10.5. The van der Waals surface area contributed by atoms with Crippen molar-refractivity contribution in [3.05, 3.63) is 11.7 Å². The van der Waals surface area contributed by atoms with Crippen molar-refractivity contribution in [2.75, 3.05) is 39.3 Å². The van der Waals surface area contributed by atoms with Crippen LogP contribution in [0, 0.1) is 6.92 Å². The van der Waals surface area contributed by atoms with E-state index in [2.05, 4.69) is 20.4 Å². The molecule has 1 amide bonds. The molecule has 2 atom stereocenters. The van der Waals surface area contributed by atoms with Gasteiger partial charge < -0.3 is 19.5 Å². The van der Waals surface area contributed by atoms with Crippen LogP contribution in [0.15, 0.2) is 4.52 Å². The molecular formula is C14H23N5O3. The van der Waals surface area contributed by atoms with Gasteiger partial charge in [0.15, 0.2) is 5.82 Å². The topological polar surface area (TPSA) is 83.7 Å². The summed E-state index contributed by atoms with van der Waals surface area (Å²) in [6, 6.07) is -0.222. The lowest BCUT2D eigenvalue weighted by atomic mass is 10.1. The number of piperazine rings is 1. The molecule has 2 saturated heterocycles. The molecule has 1 aromatic rings. The van der Waals surface area contributed by atoms with Crippen molar-refractivity contribution in [2.24, 2.45) is 0 Å². The van der Waals surface area contributed by atoms with E-state index >= 15 is 0 Å². The minimum atomic E-state index is -0.222. The standard InChI is InChI=1S/C14H23N5O3/c1-10-13(15-3-8-21-10)14(20)19-6-4-18(5-7-19)9-12-16-11(2)22-17-12/h10,13,15H,3-9H2,1-2H3/t10-,13+/m1/s1. The van der Waals surface area contributed by atoms with Gasteiger partial charge in [0.1, 0.15) is 6.04 Å². The Morgan fingerprint density at radius 3 is 2.77 bits per heavy atom. The number of hydrogen-bond donors (Lipinski definition) is 1. The van der Waals surface area contributed by atoms with Gasteiger partial charge in [0, 0.05) is 39.6 Å². The molecular weight excluding hydrogens is 286 g/mol. The molecule has 8 heteroatoms. The molecule has 122 valence electrons. The SMILES string of the molecule is Cc1nc(CN2CCN(C(=O)[C@H]3NCCO[C@@H]3C)CC2)no1. The minimum absolute atomic E-state index is 0.0680. The Morgan fingerprint density at radius 1 is 1.36 bits per heavy atom. The molecule has 3 rings (SSSR count). The summed E-state index contributed by atoms with van der Waals surface area (Å²) in [7, 11) is 0. The van der Waals surface area contributed by atoms with Crippen molar-refractivity contribution >= 4 is 5.91 Å². The first kappa shape index (κ1) is 15.4. The van der Waals surface area contributed by atoms with Crippen LogP contribution in [0.25, 0.3) is 0 Å². The number of hydrogen-bond acceptors (Lipinski definition) is 7. The van der Waals surface area contributed by atoms with E-state index in [1.807, 2.05) is 11.8 Å². The number of amides is 1. The largest absolute Gasteiger partial charge is 0.375 e. The lowest BCUT2D eigenvalue weighted by Gasteiger charge is -2.38. The lowest BCUT2D eigenvalue weighted by Crippen LogP contribution is -2.59. The fourth-order valence-electron chi connectivity index (χ4n) is 2.94. The van der Waals surface area contributed by atoms with Crippen LogP contribution >= 0.6 is 0 Å². The van der Waals surface area contributed by atoms with E-state index in [4.69, 9.17) is 9.26 Å². The first-order chi connectivity index (χ1) is 10.6. The molecule has 0 bridgehead atoms. The Bertz CT molecular complexity index is 512. The highest BCUT2D eigenvalue weighted by molar-refractivity contribution is 5.82. The zero-order chi connectivity index (χ0) is 15.5. The maximum Gasteiger partial charge on any atom is 0.242 e. The van der Waals surface area contributed by atoms with Crippen LogP contribution in [0.2, 0.25) is 0 Å². The minimum Gasteiger partial charge on any atom is -0.375 e. The number of carbonyl (C=O) groups excluding carboxylic acids is 1. The highest BCUT2D eigenvalue weighted by Gasteiger charge is 2.33. The molecule has 8 nitrogen and oxygen atoms in total. The van der Waals surface area contributed by atoms with Gasteiger partial charge in [-0.25, -0.2) is 0 Å². The monoisotopic (exact) mass is 309 g/mol. The van der Waals surface area contributed by atoms with Crippen molar-refractivity contribution in [3.63, 3.8) is 0 Å². The molecule has 1 aromatic heterocycles. The second-order valence-electron chi connectivity index (χ2n) is 5.84. The lowest BCUT2D eigenvalue weighted by molar-refractivity contribution is -0.141. The summed E-state index contributed by atoms with van der Waals surface area (Å²) in [6.45, 7) is 8.89. The summed E-state index contributed by atoms with van der Waals surface area (Å²) in [5.74, 6) is 1.43. The van der Waals surface area contributed by atoms with Gasteiger partial charge in [-0.15, -0.1) is 0 Å². The number of nitrogens with one attached hydrogen (secondary N) is 1. The van der Waals surface area contributed by atoms with Crippen LogP contribution in [0.3, 0.4) is 0 Å². The quantitative estimate of drug-likeness (QED) is 0.798. The fourth-order valence-corrected chi connectivity index (χ4v) is 2.94. The normalized spacial score (nSPS) is 27.1. The molecule has 2 aliphatic heterocycles. The van der Waals surface area contributed by atoms with Crippen molar-refractivity contribution in [1.82, 2.24) is 25.3 Å². The van der Waals surface area contributed by atoms with Crippen molar-refractivity contribution in [2.45, 2.75) is 32.5 Å². The number of morpholine rings is 1. The maximum absolute atomic E-state index is 12.6. The molecule has 0 saturated carbocycles. The van der Waals surface area contributed by atoms with E-state index in [1.165, 1.54) is 0 Å². The Hall–Kier alpha value is -1.51. The molecule has 3 heterocycles. The third kappa shape index (κ3) is 3.45. The van der Waals surface area contributed by atoms with E-state index in [-0.39, 0.29) is 18.1 Å². The van der Waals surface area contributed by atoms with Crippen molar-refractivity contribution in [1.29, 1.82) is 0 Å². The van der Waals surface area contributed by atoms with Gasteiger partial charge in [0.2, 0.25) is 11.8 Å². The second-order valence-corrected chi connectivity index (χ2v) is 5.84. The van der Waals surface area contributed by atoms with Crippen LogP contribution in [-0.4, -0.2) is 77.3 Å². The van der Waals surface area contributed by atoms with Gasteiger partial charge in [-0.2, -0.15) is 4.98 Å². The highest BCUT2D eigenvalue weighted by atomic mass is 16.5. The van der Waals surface area contributed by atoms with Crippen LogP contribution in [0.1, 0.15) is 18.6 Å². The van der Waals surface area contributed by atoms with Gasteiger partial charge in [0.25, 0.3) is 0 Å². The first-order valence-corrected chi connectivity index (χ1v) is 7.79. The Morgan fingerprint density at radius 2 is 2.14 bits per heavy atom. The number of aryl methyl sites for hydroxylation is 1. The Kier molecular flexibility index (Phi) is 4.70. The summed E-state index contributed by atoms with van der Waals surface area (Å²) in [6.07, 6.45) is -0.0680. The Labute approximate surface area is 129 Å². The van der Waals surface area contributed by atoms with E-state index in [0.29, 0.717) is 24.9 Å². The molecule has 0 aliphatic carbocycles. The van der Waals surface area contributed by atoms with Gasteiger partial charge in [-0.1, -0.05) is 5.16 Å². The zero-order valence-corrected chi connectivity index (χ0v) is 13.1. The van der Waals surface area contributed by atoms with Crippen LogP contribution in [0.5, 0.6) is 0 Å². The van der Waals surface area contributed by atoms with E-state index in [9.17, 15) is 4.79 Å². The van der Waals surface area contributed by atoms with Gasteiger partial charge in [0.05, 0.1) is 19.3 Å². The smallest absolute Gasteiger partial charge is 0.242 e. The van der Waals surface area contributed by atoms with E-state index in [1.54, 1.807) is 6.92 Å². The van der Waals surface area contributed by atoms with Gasteiger partial charge in [-0.3, -0.25) is 9.69 Å². The molecule has 2 aliphatic rings. The van der Waals surface area contributed by atoms with Crippen molar-refractivity contribution in [3.8, 4) is 0 Å². The molecule has 2 fully saturated rings.